The Hall–Kier alpha value is -0.890. The van der Waals surface area contributed by atoms with Crippen molar-refractivity contribution in [2.45, 2.75) is 37.9 Å². The first-order chi connectivity index (χ1) is 7.44. The number of carboxylic acid groups (broad SMARTS) is 1. The lowest BCUT2D eigenvalue weighted by Gasteiger charge is -2.27. The Morgan fingerprint density at radius 3 is 2.88 bits per heavy atom. The van der Waals surface area contributed by atoms with Gasteiger partial charge in [0.05, 0.1) is 19.2 Å². The van der Waals surface area contributed by atoms with Crippen molar-refractivity contribution in [3.8, 4) is 0 Å². The second kappa shape index (κ2) is 3.85. The van der Waals surface area contributed by atoms with Gasteiger partial charge in [0.2, 0.25) is 0 Å². The summed E-state index contributed by atoms with van der Waals surface area (Å²) < 4.78 is 11.3. The molecule has 2 aliphatic rings. The molecular formula is C9H16N2O5. The summed E-state index contributed by atoms with van der Waals surface area (Å²) in [6.07, 6.45) is -1.57. The molecular weight excluding hydrogens is 216 g/mol. The average Bonchev–Trinajstić information content (AvgIpc) is 2.60. The normalized spacial score (nSPS) is 36.4. The van der Waals surface area contributed by atoms with E-state index in [-0.39, 0.29) is 25.4 Å². The predicted octanol–water partition coefficient (Wildman–Crippen LogP) is -0.241. The first-order valence-electron chi connectivity index (χ1n) is 5.11. The minimum atomic E-state index is -1.01. The second-order valence-electron chi connectivity index (χ2n) is 4.47. The molecule has 16 heavy (non-hydrogen) atoms. The van der Waals surface area contributed by atoms with Crippen LogP contribution in [0.1, 0.15) is 13.8 Å². The summed E-state index contributed by atoms with van der Waals surface area (Å²) in [7, 11) is 0. The van der Waals surface area contributed by atoms with Gasteiger partial charge < -0.3 is 19.4 Å². The molecule has 2 fully saturated rings. The molecule has 3 atom stereocenters. The van der Waals surface area contributed by atoms with Crippen molar-refractivity contribution in [1.82, 2.24) is 4.90 Å². The number of hydrogen-bond donors (Lipinski definition) is 2. The monoisotopic (exact) mass is 232 g/mol. The van der Waals surface area contributed by atoms with Gasteiger partial charge in [-0.25, -0.2) is 10.7 Å². The van der Waals surface area contributed by atoms with Crippen LogP contribution in [0, 0.1) is 0 Å². The largest absolute Gasteiger partial charge is 0.465 e. The van der Waals surface area contributed by atoms with E-state index in [9.17, 15) is 4.79 Å². The molecule has 2 rings (SSSR count). The van der Waals surface area contributed by atoms with E-state index in [2.05, 4.69) is 4.84 Å². The van der Waals surface area contributed by atoms with Gasteiger partial charge in [0.25, 0.3) is 0 Å². The van der Waals surface area contributed by atoms with Crippen molar-refractivity contribution in [2.24, 2.45) is 5.90 Å². The lowest BCUT2D eigenvalue weighted by atomic mass is 10.1. The standard InChI is InChI=1S/C9H16N2O5/c1-9(2)15-6-3-11(8(12)13)5(4-14-10)7(6)16-9/h5-7H,3-4,10H2,1-2H3,(H,12,13)/t5-,6+,7-/m1/s1. The van der Waals surface area contributed by atoms with Gasteiger partial charge in [0, 0.05) is 0 Å². The van der Waals surface area contributed by atoms with Crippen LogP contribution in [0.15, 0.2) is 0 Å². The van der Waals surface area contributed by atoms with E-state index in [1.54, 1.807) is 13.8 Å². The fraction of sp³-hybridized carbons (Fsp3) is 0.889. The molecule has 0 aromatic heterocycles. The number of rotatable bonds is 2. The second-order valence-corrected chi connectivity index (χ2v) is 4.47. The number of hydrogen-bond acceptors (Lipinski definition) is 5. The topological polar surface area (TPSA) is 94.2 Å². The summed E-state index contributed by atoms with van der Waals surface area (Å²) in [4.78, 5) is 16.8. The van der Waals surface area contributed by atoms with E-state index in [0.29, 0.717) is 0 Å². The fourth-order valence-corrected chi connectivity index (χ4v) is 2.34. The number of likely N-dealkylation sites (tertiary alicyclic amines) is 1. The Balaban J connectivity index is 2.13. The van der Waals surface area contributed by atoms with Crippen LogP contribution in [-0.2, 0) is 14.3 Å². The Labute approximate surface area is 93.0 Å². The number of ether oxygens (including phenoxy) is 2. The number of nitrogens with two attached hydrogens (primary N) is 1. The highest BCUT2D eigenvalue weighted by atomic mass is 16.8. The Morgan fingerprint density at radius 2 is 2.31 bits per heavy atom. The van der Waals surface area contributed by atoms with Crippen LogP contribution in [0.3, 0.4) is 0 Å². The van der Waals surface area contributed by atoms with Crippen LogP contribution in [0.2, 0.25) is 0 Å². The molecule has 2 aliphatic heterocycles. The van der Waals surface area contributed by atoms with Crippen molar-refractivity contribution in [3.63, 3.8) is 0 Å². The van der Waals surface area contributed by atoms with Crippen molar-refractivity contribution >= 4 is 6.09 Å². The summed E-state index contributed by atoms with van der Waals surface area (Å²) in [5.74, 6) is 4.33. The van der Waals surface area contributed by atoms with Gasteiger partial charge in [-0.3, -0.25) is 4.90 Å². The van der Waals surface area contributed by atoms with Gasteiger partial charge in [-0.1, -0.05) is 0 Å². The van der Waals surface area contributed by atoms with Crippen molar-refractivity contribution in [3.05, 3.63) is 0 Å². The highest BCUT2D eigenvalue weighted by Crippen LogP contribution is 2.36. The van der Waals surface area contributed by atoms with Gasteiger partial charge in [-0.05, 0) is 13.8 Å². The summed E-state index contributed by atoms with van der Waals surface area (Å²) >= 11 is 0. The van der Waals surface area contributed by atoms with Crippen LogP contribution >= 0.6 is 0 Å². The lowest BCUT2D eigenvalue weighted by molar-refractivity contribution is -0.162. The first kappa shape index (κ1) is 11.6. The van der Waals surface area contributed by atoms with E-state index in [0.717, 1.165) is 0 Å². The zero-order valence-corrected chi connectivity index (χ0v) is 9.25. The van der Waals surface area contributed by atoms with E-state index < -0.39 is 17.9 Å². The van der Waals surface area contributed by atoms with Crippen molar-refractivity contribution in [2.75, 3.05) is 13.2 Å². The average molecular weight is 232 g/mol. The Kier molecular flexibility index (Phi) is 2.79. The maximum Gasteiger partial charge on any atom is 0.407 e. The van der Waals surface area contributed by atoms with E-state index in [1.807, 2.05) is 0 Å². The van der Waals surface area contributed by atoms with Gasteiger partial charge in [0.1, 0.15) is 12.2 Å². The minimum absolute atomic E-state index is 0.104. The molecule has 0 saturated carbocycles. The van der Waals surface area contributed by atoms with Crippen molar-refractivity contribution in [1.29, 1.82) is 0 Å². The van der Waals surface area contributed by atoms with Crippen LogP contribution in [0.25, 0.3) is 0 Å². The summed E-state index contributed by atoms with van der Waals surface area (Å²) in [5.41, 5.74) is 0. The summed E-state index contributed by atoms with van der Waals surface area (Å²) in [5, 5.41) is 9.01. The van der Waals surface area contributed by atoms with Gasteiger partial charge in [-0.15, -0.1) is 0 Å². The van der Waals surface area contributed by atoms with E-state index in [4.69, 9.17) is 20.5 Å². The molecule has 2 saturated heterocycles. The maximum absolute atomic E-state index is 11.0. The van der Waals surface area contributed by atoms with Crippen LogP contribution < -0.4 is 5.90 Å². The van der Waals surface area contributed by atoms with Gasteiger partial charge >= 0.3 is 6.09 Å². The minimum Gasteiger partial charge on any atom is -0.465 e. The SMILES string of the molecule is CC1(C)O[C@H]2[C@H](CN(C(=O)O)[C@@H]2CON)O1. The van der Waals surface area contributed by atoms with Crippen LogP contribution in [0.5, 0.6) is 0 Å². The quantitative estimate of drug-likeness (QED) is 0.638. The molecule has 0 aliphatic carbocycles. The first-order valence-corrected chi connectivity index (χ1v) is 5.11. The highest BCUT2D eigenvalue weighted by Gasteiger charge is 2.54. The Morgan fingerprint density at radius 1 is 1.62 bits per heavy atom. The molecule has 7 nitrogen and oxygen atoms in total. The number of fused-ring (bicyclic) bond motifs is 1. The zero-order chi connectivity index (χ0) is 11.9. The van der Waals surface area contributed by atoms with Crippen molar-refractivity contribution < 1.29 is 24.2 Å². The van der Waals surface area contributed by atoms with Crippen LogP contribution in [-0.4, -0.2) is 53.3 Å². The molecule has 0 bridgehead atoms. The number of carbonyl (C=O) groups is 1. The molecule has 0 aromatic carbocycles. The molecule has 3 N–H and O–H groups in total. The molecule has 92 valence electrons. The van der Waals surface area contributed by atoms with Crippen LogP contribution in [0.4, 0.5) is 4.79 Å². The predicted molar refractivity (Wildman–Crippen MR) is 52.5 cm³/mol. The van der Waals surface area contributed by atoms with Gasteiger partial charge in [0.15, 0.2) is 5.79 Å². The zero-order valence-electron chi connectivity index (χ0n) is 9.25. The summed E-state index contributed by atoms with van der Waals surface area (Å²) in [6.45, 7) is 4.00. The number of nitrogens with zero attached hydrogens (tertiary/aromatic N) is 1. The third-order valence-electron chi connectivity index (χ3n) is 2.89. The molecule has 0 radical (unpaired) electrons. The molecule has 2 heterocycles. The fourth-order valence-electron chi connectivity index (χ4n) is 2.34. The molecule has 7 heteroatoms. The molecule has 0 unspecified atom stereocenters. The summed E-state index contributed by atoms with van der Waals surface area (Å²) in [6, 6.07) is -0.408. The molecule has 0 aromatic rings. The van der Waals surface area contributed by atoms with E-state index >= 15 is 0 Å². The van der Waals surface area contributed by atoms with Gasteiger partial charge in [-0.2, -0.15) is 0 Å². The lowest BCUT2D eigenvalue weighted by Crippen LogP contribution is -2.44. The maximum atomic E-state index is 11.0. The van der Waals surface area contributed by atoms with E-state index in [1.165, 1.54) is 4.90 Å². The Bertz CT molecular complexity index is 296. The third-order valence-corrected chi connectivity index (χ3v) is 2.89. The third kappa shape index (κ3) is 1.86. The molecule has 0 spiro atoms. The smallest absolute Gasteiger partial charge is 0.407 e. The number of amides is 1. The highest BCUT2D eigenvalue weighted by molar-refractivity contribution is 5.66. The molecule has 1 amide bonds.